The molecule has 0 bridgehead atoms. The molecule has 1 aromatic heterocycles. The van der Waals surface area contributed by atoms with E-state index in [2.05, 4.69) is 4.98 Å². The summed E-state index contributed by atoms with van der Waals surface area (Å²) in [6.45, 7) is 0. The van der Waals surface area contributed by atoms with Gasteiger partial charge in [-0.05, 0) is 35.4 Å². The summed E-state index contributed by atoms with van der Waals surface area (Å²) in [4.78, 5) is 3.57. The number of anilines is 1. The maximum atomic E-state index is 12.5. The number of nitrogens with two attached hydrogens (primary N) is 1. The Morgan fingerprint density at radius 3 is 2.19 bits per heavy atom. The van der Waals surface area contributed by atoms with Crippen molar-refractivity contribution in [2.45, 2.75) is 0 Å². The summed E-state index contributed by atoms with van der Waals surface area (Å²) in [6.07, 6.45) is 5.29. The number of benzene rings is 1. The Balaban J connectivity index is 2.15. The van der Waals surface area contributed by atoms with Crippen molar-refractivity contribution in [2.24, 2.45) is 0 Å². The van der Waals surface area contributed by atoms with Crippen molar-refractivity contribution >= 4 is 17.8 Å². The third kappa shape index (κ3) is 2.67. The first-order valence-electron chi connectivity index (χ1n) is 4.89. The zero-order valence-corrected chi connectivity index (χ0v) is 8.60. The highest BCUT2D eigenvalue weighted by molar-refractivity contribution is 5.69. The average Bonchev–Trinajstić information content (AvgIpc) is 2.30. The molecule has 2 N–H and O–H groups in total. The molecule has 16 heavy (non-hydrogen) atoms. The number of hydrogen-bond acceptors (Lipinski definition) is 2. The van der Waals surface area contributed by atoms with Crippen molar-refractivity contribution in [3.05, 3.63) is 59.7 Å². The molecule has 0 unspecified atom stereocenters. The van der Waals surface area contributed by atoms with E-state index in [1.54, 1.807) is 6.07 Å². The molecule has 0 radical (unpaired) electrons. The highest BCUT2D eigenvalue weighted by Crippen LogP contribution is 2.10. The summed E-state index contributed by atoms with van der Waals surface area (Å²) in [6, 6.07) is 10.5. The molecule has 0 saturated carbocycles. The minimum absolute atomic E-state index is 0.468. The van der Waals surface area contributed by atoms with Gasteiger partial charge in [-0.2, -0.15) is 4.39 Å². The number of aromatic nitrogens is 1. The largest absolute Gasteiger partial charge is 0.399 e. The van der Waals surface area contributed by atoms with Gasteiger partial charge < -0.3 is 5.73 Å². The van der Waals surface area contributed by atoms with E-state index < -0.39 is 5.95 Å². The normalized spacial score (nSPS) is 10.8. The van der Waals surface area contributed by atoms with Crippen LogP contribution >= 0.6 is 0 Å². The summed E-state index contributed by atoms with van der Waals surface area (Å²) in [5, 5.41) is 0. The molecule has 2 aromatic rings. The van der Waals surface area contributed by atoms with Gasteiger partial charge in [0.05, 0.1) is 0 Å². The lowest BCUT2D eigenvalue weighted by molar-refractivity contribution is 0.583. The number of rotatable bonds is 2. The SMILES string of the molecule is Nc1ccc(C=Cc2ccc(F)nc2)cc1. The van der Waals surface area contributed by atoms with E-state index in [9.17, 15) is 4.39 Å². The Bertz CT molecular complexity index is 439. The minimum atomic E-state index is -0.468. The third-order valence-electron chi connectivity index (χ3n) is 2.15. The fraction of sp³-hybridized carbons (Fsp3) is 0. The van der Waals surface area contributed by atoms with Crippen LogP contribution in [0.5, 0.6) is 0 Å². The molecule has 0 aliphatic rings. The molecule has 2 rings (SSSR count). The van der Waals surface area contributed by atoms with Gasteiger partial charge in [-0.1, -0.05) is 24.3 Å². The second-order valence-corrected chi connectivity index (χ2v) is 3.41. The van der Waals surface area contributed by atoms with Gasteiger partial charge in [-0.15, -0.1) is 0 Å². The first kappa shape index (κ1) is 10.4. The number of halogens is 1. The van der Waals surface area contributed by atoms with Crippen LogP contribution in [-0.4, -0.2) is 4.98 Å². The molecule has 0 aliphatic heterocycles. The number of pyridine rings is 1. The molecule has 0 amide bonds. The topological polar surface area (TPSA) is 38.9 Å². The molecule has 0 fully saturated rings. The second kappa shape index (κ2) is 4.57. The van der Waals surface area contributed by atoms with Crippen molar-refractivity contribution in [1.29, 1.82) is 0 Å². The molecule has 1 aromatic carbocycles. The second-order valence-electron chi connectivity index (χ2n) is 3.41. The van der Waals surface area contributed by atoms with Gasteiger partial charge in [0.2, 0.25) is 5.95 Å². The van der Waals surface area contributed by atoms with Crippen LogP contribution in [0.2, 0.25) is 0 Å². The van der Waals surface area contributed by atoms with Crippen LogP contribution in [0.4, 0.5) is 10.1 Å². The van der Waals surface area contributed by atoms with Crippen LogP contribution < -0.4 is 5.73 Å². The maximum Gasteiger partial charge on any atom is 0.212 e. The zero-order chi connectivity index (χ0) is 11.4. The van der Waals surface area contributed by atoms with Crippen LogP contribution in [0.3, 0.4) is 0 Å². The molecule has 1 heterocycles. The maximum absolute atomic E-state index is 12.5. The van der Waals surface area contributed by atoms with Crippen molar-refractivity contribution in [3.63, 3.8) is 0 Å². The Labute approximate surface area is 93.3 Å². The standard InChI is InChI=1S/C13H11FN2/c14-13-8-5-11(9-16-13)2-1-10-3-6-12(15)7-4-10/h1-9H,15H2. The Kier molecular flexibility index (Phi) is 2.96. The summed E-state index contributed by atoms with van der Waals surface area (Å²) in [5.74, 6) is -0.468. The molecular formula is C13H11FN2. The number of hydrogen-bond donors (Lipinski definition) is 1. The first-order valence-corrected chi connectivity index (χ1v) is 4.89. The molecular weight excluding hydrogens is 203 g/mol. The van der Waals surface area contributed by atoms with E-state index in [0.29, 0.717) is 0 Å². The molecule has 3 heteroatoms. The van der Waals surface area contributed by atoms with Gasteiger partial charge in [0.25, 0.3) is 0 Å². The van der Waals surface area contributed by atoms with Crippen LogP contribution in [-0.2, 0) is 0 Å². The van der Waals surface area contributed by atoms with Crippen LogP contribution in [0.25, 0.3) is 12.2 Å². The van der Waals surface area contributed by atoms with E-state index in [1.165, 1.54) is 12.3 Å². The first-order chi connectivity index (χ1) is 7.74. The van der Waals surface area contributed by atoms with Gasteiger partial charge >= 0.3 is 0 Å². The van der Waals surface area contributed by atoms with Gasteiger partial charge in [0.1, 0.15) is 0 Å². The number of nitrogen functional groups attached to an aromatic ring is 1. The van der Waals surface area contributed by atoms with Crippen LogP contribution in [0.1, 0.15) is 11.1 Å². The van der Waals surface area contributed by atoms with Crippen LogP contribution in [0.15, 0.2) is 42.6 Å². The quantitative estimate of drug-likeness (QED) is 0.616. The molecule has 80 valence electrons. The summed E-state index contributed by atoms with van der Waals surface area (Å²) >= 11 is 0. The predicted molar refractivity (Wildman–Crippen MR) is 64.0 cm³/mol. The van der Waals surface area contributed by atoms with Crippen molar-refractivity contribution in [3.8, 4) is 0 Å². The molecule has 0 aliphatic carbocycles. The minimum Gasteiger partial charge on any atom is -0.399 e. The third-order valence-corrected chi connectivity index (χ3v) is 2.15. The van der Waals surface area contributed by atoms with E-state index in [-0.39, 0.29) is 0 Å². The molecule has 2 nitrogen and oxygen atoms in total. The molecule has 0 atom stereocenters. The lowest BCUT2D eigenvalue weighted by atomic mass is 10.1. The lowest BCUT2D eigenvalue weighted by Crippen LogP contribution is -1.83. The van der Waals surface area contributed by atoms with E-state index in [0.717, 1.165) is 16.8 Å². The average molecular weight is 214 g/mol. The zero-order valence-electron chi connectivity index (χ0n) is 8.60. The van der Waals surface area contributed by atoms with E-state index in [4.69, 9.17) is 5.73 Å². The monoisotopic (exact) mass is 214 g/mol. The Hall–Kier alpha value is -2.16. The van der Waals surface area contributed by atoms with E-state index >= 15 is 0 Å². The summed E-state index contributed by atoms with van der Waals surface area (Å²) < 4.78 is 12.5. The Morgan fingerprint density at radius 1 is 0.938 bits per heavy atom. The summed E-state index contributed by atoms with van der Waals surface area (Å²) in [5.41, 5.74) is 8.21. The highest BCUT2D eigenvalue weighted by Gasteiger charge is 1.91. The van der Waals surface area contributed by atoms with Gasteiger partial charge in [-0.3, -0.25) is 0 Å². The number of nitrogens with zero attached hydrogens (tertiary/aromatic N) is 1. The van der Waals surface area contributed by atoms with Gasteiger partial charge in [-0.25, -0.2) is 4.98 Å². The highest BCUT2D eigenvalue weighted by atomic mass is 19.1. The van der Waals surface area contributed by atoms with Crippen molar-refractivity contribution < 1.29 is 4.39 Å². The fourth-order valence-electron chi connectivity index (χ4n) is 1.29. The fourth-order valence-corrected chi connectivity index (χ4v) is 1.29. The predicted octanol–water partition coefficient (Wildman–Crippen LogP) is 2.97. The van der Waals surface area contributed by atoms with Gasteiger partial charge in [0.15, 0.2) is 0 Å². The molecule has 0 saturated heterocycles. The van der Waals surface area contributed by atoms with Crippen LogP contribution in [0, 0.1) is 5.95 Å². The summed E-state index contributed by atoms with van der Waals surface area (Å²) in [7, 11) is 0. The Morgan fingerprint density at radius 2 is 1.56 bits per heavy atom. The molecule has 0 spiro atoms. The lowest BCUT2D eigenvalue weighted by Gasteiger charge is -1.95. The smallest absolute Gasteiger partial charge is 0.212 e. The van der Waals surface area contributed by atoms with Crippen molar-refractivity contribution in [2.75, 3.05) is 5.73 Å². The van der Waals surface area contributed by atoms with Crippen molar-refractivity contribution in [1.82, 2.24) is 4.98 Å². The van der Waals surface area contributed by atoms with Gasteiger partial charge in [0, 0.05) is 11.9 Å². The van der Waals surface area contributed by atoms with E-state index in [1.807, 2.05) is 36.4 Å².